The summed E-state index contributed by atoms with van der Waals surface area (Å²) < 4.78 is 10.4. The number of rotatable bonds is 6. The average molecular weight is 286 g/mol. The molecule has 2 rings (SSSR count). The fourth-order valence-electron chi connectivity index (χ4n) is 2.29. The SMILES string of the molecule is COc1cccc(C(N)CC(N)c2cccc(OC)c2)c1. The van der Waals surface area contributed by atoms with E-state index in [1.165, 1.54) is 0 Å². The molecule has 0 aromatic heterocycles. The molecular formula is C17H22N2O2. The van der Waals surface area contributed by atoms with Crippen LogP contribution in [0, 0.1) is 0 Å². The summed E-state index contributed by atoms with van der Waals surface area (Å²) >= 11 is 0. The molecule has 2 atom stereocenters. The van der Waals surface area contributed by atoms with Crippen LogP contribution in [0.15, 0.2) is 48.5 Å². The van der Waals surface area contributed by atoms with E-state index in [4.69, 9.17) is 20.9 Å². The maximum absolute atomic E-state index is 6.26. The summed E-state index contributed by atoms with van der Waals surface area (Å²) in [6, 6.07) is 15.3. The molecular weight excluding hydrogens is 264 g/mol. The molecule has 2 aromatic carbocycles. The van der Waals surface area contributed by atoms with Crippen molar-refractivity contribution in [2.45, 2.75) is 18.5 Å². The maximum atomic E-state index is 6.26. The normalized spacial score (nSPS) is 13.5. The minimum Gasteiger partial charge on any atom is -0.497 e. The summed E-state index contributed by atoms with van der Waals surface area (Å²) in [7, 11) is 3.29. The van der Waals surface area contributed by atoms with Gasteiger partial charge in [-0.05, 0) is 41.8 Å². The van der Waals surface area contributed by atoms with Gasteiger partial charge in [0.1, 0.15) is 11.5 Å². The predicted octanol–water partition coefficient (Wildman–Crippen LogP) is 2.79. The zero-order chi connectivity index (χ0) is 15.2. The molecule has 0 bridgehead atoms. The summed E-state index contributed by atoms with van der Waals surface area (Å²) in [5, 5.41) is 0. The molecule has 2 unspecified atom stereocenters. The van der Waals surface area contributed by atoms with Crippen LogP contribution in [-0.2, 0) is 0 Å². The Bertz CT molecular complexity index is 535. The Morgan fingerprint density at radius 1 is 0.810 bits per heavy atom. The second-order valence-electron chi connectivity index (χ2n) is 5.00. The average Bonchev–Trinajstić information content (AvgIpc) is 2.54. The summed E-state index contributed by atoms with van der Waals surface area (Å²) in [6.07, 6.45) is 0.653. The molecule has 4 N–H and O–H groups in total. The van der Waals surface area contributed by atoms with Crippen LogP contribution >= 0.6 is 0 Å². The Hall–Kier alpha value is -2.04. The maximum Gasteiger partial charge on any atom is 0.119 e. The molecule has 0 amide bonds. The van der Waals surface area contributed by atoms with E-state index in [2.05, 4.69) is 0 Å². The van der Waals surface area contributed by atoms with Crippen molar-refractivity contribution >= 4 is 0 Å². The molecule has 2 aromatic rings. The Balaban J connectivity index is 2.08. The summed E-state index contributed by atoms with van der Waals surface area (Å²) in [6.45, 7) is 0. The number of hydrogen-bond donors (Lipinski definition) is 2. The minimum atomic E-state index is -0.138. The van der Waals surface area contributed by atoms with Crippen LogP contribution in [0.4, 0.5) is 0 Å². The number of nitrogens with two attached hydrogens (primary N) is 2. The van der Waals surface area contributed by atoms with Gasteiger partial charge in [0.2, 0.25) is 0 Å². The van der Waals surface area contributed by atoms with Gasteiger partial charge in [0.05, 0.1) is 14.2 Å². The van der Waals surface area contributed by atoms with Gasteiger partial charge in [-0.1, -0.05) is 24.3 Å². The molecule has 0 radical (unpaired) electrons. The first-order valence-electron chi connectivity index (χ1n) is 6.93. The highest BCUT2D eigenvalue weighted by molar-refractivity contribution is 5.32. The minimum absolute atomic E-state index is 0.138. The lowest BCUT2D eigenvalue weighted by Gasteiger charge is -2.19. The second-order valence-corrected chi connectivity index (χ2v) is 5.00. The van der Waals surface area contributed by atoms with Crippen LogP contribution in [0.3, 0.4) is 0 Å². The van der Waals surface area contributed by atoms with Gasteiger partial charge in [0, 0.05) is 12.1 Å². The molecule has 21 heavy (non-hydrogen) atoms. The van der Waals surface area contributed by atoms with Gasteiger partial charge in [0.25, 0.3) is 0 Å². The van der Waals surface area contributed by atoms with Crippen molar-refractivity contribution in [2.75, 3.05) is 14.2 Å². The molecule has 0 heterocycles. The molecule has 0 spiro atoms. The van der Waals surface area contributed by atoms with E-state index in [0.29, 0.717) is 6.42 Å². The lowest BCUT2D eigenvalue weighted by molar-refractivity contribution is 0.412. The topological polar surface area (TPSA) is 70.5 Å². The molecule has 4 nitrogen and oxygen atoms in total. The van der Waals surface area contributed by atoms with Crippen molar-refractivity contribution in [3.63, 3.8) is 0 Å². The fraction of sp³-hybridized carbons (Fsp3) is 0.294. The van der Waals surface area contributed by atoms with Crippen LogP contribution in [0.1, 0.15) is 29.6 Å². The van der Waals surface area contributed by atoms with Crippen LogP contribution in [0.2, 0.25) is 0 Å². The van der Waals surface area contributed by atoms with E-state index < -0.39 is 0 Å². The third kappa shape index (κ3) is 3.97. The van der Waals surface area contributed by atoms with Gasteiger partial charge in [-0.15, -0.1) is 0 Å². The van der Waals surface area contributed by atoms with E-state index >= 15 is 0 Å². The molecule has 0 aliphatic heterocycles. The van der Waals surface area contributed by atoms with E-state index in [1.807, 2.05) is 48.5 Å². The van der Waals surface area contributed by atoms with Crippen LogP contribution in [-0.4, -0.2) is 14.2 Å². The van der Waals surface area contributed by atoms with Gasteiger partial charge >= 0.3 is 0 Å². The molecule has 0 aliphatic carbocycles. The third-order valence-corrected chi connectivity index (χ3v) is 3.55. The summed E-state index contributed by atoms with van der Waals surface area (Å²) in [5.74, 6) is 1.61. The van der Waals surface area contributed by atoms with Gasteiger partial charge in [-0.2, -0.15) is 0 Å². The Morgan fingerprint density at radius 3 is 1.62 bits per heavy atom. The number of benzene rings is 2. The van der Waals surface area contributed by atoms with Crippen molar-refractivity contribution < 1.29 is 9.47 Å². The number of hydrogen-bond acceptors (Lipinski definition) is 4. The van der Waals surface area contributed by atoms with E-state index in [0.717, 1.165) is 22.6 Å². The van der Waals surface area contributed by atoms with Crippen molar-refractivity contribution in [3.05, 3.63) is 59.7 Å². The quantitative estimate of drug-likeness (QED) is 0.856. The monoisotopic (exact) mass is 286 g/mol. The van der Waals surface area contributed by atoms with Crippen molar-refractivity contribution in [1.29, 1.82) is 0 Å². The Morgan fingerprint density at radius 2 is 1.24 bits per heavy atom. The molecule has 0 saturated carbocycles. The highest BCUT2D eigenvalue weighted by atomic mass is 16.5. The summed E-state index contributed by atoms with van der Waals surface area (Å²) in [4.78, 5) is 0. The molecule has 0 saturated heterocycles. The fourth-order valence-corrected chi connectivity index (χ4v) is 2.29. The summed E-state index contributed by atoms with van der Waals surface area (Å²) in [5.41, 5.74) is 14.6. The van der Waals surface area contributed by atoms with Crippen LogP contribution in [0.5, 0.6) is 11.5 Å². The van der Waals surface area contributed by atoms with Gasteiger partial charge in [-0.3, -0.25) is 0 Å². The molecule has 0 fully saturated rings. The second kappa shape index (κ2) is 7.11. The number of ether oxygens (including phenoxy) is 2. The Labute approximate surface area is 125 Å². The zero-order valence-corrected chi connectivity index (χ0v) is 12.5. The molecule has 4 heteroatoms. The lowest BCUT2D eigenvalue weighted by atomic mass is 9.96. The standard InChI is InChI=1S/C17H22N2O2/c1-20-14-7-3-5-12(9-14)16(18)11-17(19)13-6-4-8-15(10-13)21-2/h3-10,16-17H,11,18-19H2,1-2H3. The van der Waals surface area contributed by atoms with E-state index in [9.17, 15) is 0 Å². The number of methoxy groups -OCH3 is 2. The van der Waals surface area contributed by atoms with Gasteiger partial charge in [-0.25, -0.2) is 0 Å². The van der Waals surface area contributed by atoms with Crippen molar-refractivity contribution in [3.8, 4) is 11.5 Å². The first-order valence-corrected chi connectivity index (χ1v) is 6.93. The van der Waals surface area contributed by atoms with Crippen molar-refractivity contribution in [2.24, 2.45) is 11.5 Å². The van der Waals surface area contributed by atoms with Crippen LogP contribution < -0.4 is 20.9 Å². The van der Waals surface area contributed by atoms with Gasteiger partial charge in [0.15, 0.2) is 0 Å². The zero-order valence-electron chi connectivity index (χ0n) is 12.5. The molecule has 0 aliphatic rings. The molecule has 112 valence electrons. The van der Waals surface area contributed by atoms with Crippen molar-refractivity contribution in [1.82, 2.24) is 0 Å². The highest BCUT2D eigenvalue weighted by Gasteiger charge is 2.14. The van der Waals surface area contributed by atoms with E-state index in [1.54, 1.807) is 14.2 Å². The lowest BCUT2D eigenvalue weighted by Crippen LogP contribution is -2.19. The highest BCUT2D eigenvalue weighted by Crippen LogP contribution is 2.26. The van der Waals surface area contributed by atoms with Crippen LogP contribution in [0.25, 0.3) is 0 Å². The Kier molecular flexibility index (Phi) is 5.20. The smallest absolute Gasteiger partial charge is 0.119 e. The first kappa shape index (κ1) is 15.4. The third-order valence-electron chi connectivity index (χ3n) is 3.55. The largest absolute Gasteiger partial charge is 0.497 e. The van der Waals surface area contributed by atoms with E-state index in [-0.39, 0.29) is 12.1 Å². The predicted molar refractivity (Wildman–Crippen MR) is 84.5 cm³/mol. The van der Waals surface area contributed by atoms with Gasteiger partial charge < -0.3 is 20.9 Å². The first-order chi connectivity index (χ1) is 10.1.